The van der Waals surface area contributed by atoms with Crippen LogP contribution in [0, 0.1) is 0 Å². The Morgan fingerprint density at radius 1 is 0.323 bits per heavy atom. The highest BCUT2D eigenvalue weighted by atomic mass is 15.2. The van der Waals surface area contributed by atoms with E-state index in [2.05, 4.69) is 209 Å². The molecule has 290 valence electrons. The Kier molecular flexibility index (Phi) is 8.38. The summed E-state index contributed by atoms with van der Waals surface area (Å²) >= 11 is 0. The van der Waals surface area contributed by atoms with E-state index < -0.39 is 0 Å². The van der Waals surface area contributed by atoms with Gasteiger partial charge in [0.15, 0.2) is 11.6 Å². The molecule has 0 aliphatic carbocycles. The zero-order chi connectivity index (χ0) is 41.0. The second-order valence-electron chi connectivity index (χ2n) is 15.5. The summed E-state index contributed by atoms with van der Waals surface area (Å²) in [5, 5.41) is 4.60. The zero-order valence-corrected chi connectivity index (χ0v) is 33.5. The van der Waals surface area contributed by atoms with E-state index >= 15 is 0 Å². The fraction of sp³-hybridized carbons (Fsp3) is 0. The second-order valence-corrected chi connectivity index (χ2v) is 15.5. The average molecular weight is 793 g/mol. The van der Waals surface area contributed by atoms with Crippen molar-refractivity contribution in [2.75, 3.05) is 0 Å². The Hall–Kier alpha value is -8.48. The lowest BCUT2D eigenvalue weighted by atomic mass is 10.0. The average Bonchev–Trinajstić information content (AvgIpc) is 3.88. The van der Waals surface area contributed by atoms with Gasteiger partial charge < -0.3 is 4.57 Å². The van der Waals surface area contributed by atoms with E-state index in [0.29, 0.717) is 17.6 Å². The molecule has 0 bridgehead atoms. The molecular weight excluding hydrogens is 757 g/mol. The molecule has 12 aromatic rings. The smallest absolute Gasteiger partial charge is 0.238 e. The number of hydrogen-bond acceptors (Lipinski definition) is 4. The lowest BCUT2D eigenvalue weighted by Gasteiger charge is -2.16. The summed E-state index contributed by atoms with van der Waals surface area (Å²) in [5.74, 6) is 1.61. The van der Waals surface area contributed by atoms with E-state index in [9.17, 15) is 0 Å². The van der Waals surface area contributed by atoms with Crippen molar-refractivity contribution in [2.24, 2.45) is 0 Å². The molecule has 0 amide bonds. The van der Waals surface area contributed by atoms with Crippen molar-refractivity contribution in [3.8, 4) is 67.9 Å². The van der Waals surface area contributed by atoms with E-state index in [1.54, 1.807) is 0 Å². The molecular formula is C56H36N6. The summed E-state index contributed by atoms with van der Waals surface area (Å²) in [4.78, 5) is 21.4. The van der Waals surface area contributed by atoms with Crippen LogP contribution in [0.2, 0.25) is 0 Å². The van der Waals surface area contributed by atoms with Crippen LogP contribution < -0.4 is 0 Å². The molecule has 0 spiro atoms. The Labute approximate surface area is 357 Å². The molecule has 0 radical (unpaired) electrons. The maximum absolute atomic E-state index is 5.43. The van der Waals surface area contributed by atoms with Crippen LogP contribution in [0.1, 0.15) is 0 Å². The fourth-order valence-electron chi connectivity index (χ4n) is 9.01. The monoisotopic (exact) mass is 792 g/mol. The largest absolute Gasteiger partial charge is 0.307 e. The first-order valence-electron chi connectivity index (χ1n) is 20.8. The number of aromatic nitrogens is 6. The minimum atomic E-state index is 0.521. The summed E-state index contributed by atoms with van der Waals surface area (Å²) in [6, 6.07) is 74.2. The Morgan fingerprint density at radius 2 is 0.806 bits per heavy atom. The third-order valence-corrected chi connectivity index (χ3v) is 11.8. The van der Waals surface area contributed by atoms with Crippen molar-refractivity contribution in [3.63, 3.8) is 0 Å². The van der Waals surface area contributed by atoms with Crippen molar-refractivity contribution < 1.29 is 0 Å². The minimum Gasteiger partial charge on any atom is -0.307 e. The third-order valence-electron chi connectivity index (χ3n) is 11.8. The van der Waals surface area contributed by atoms with Crippen molar-refractivity contribution in [1.82, 2.24) is 29.1 Å². The minimum absolute atomic E-state index is 0.521. The lowest BCUT2D eigenvalue weighted by Crippen LogP contribution is -2.08. The second kappa shape index (κ2) is 14.7. The van der Waals surface area contributed by atoms with Crippen LogP contribution in [0.4, 0.5) is 0 Å². The van der Waals surface area contributed by atoms with Gasteiger partial charge >= 0.3 is 0 Å². The maximum atomic E-state index is 5.43. The van der Waals surface area contributed by atoms with Gasteiger partial charge in [0.25, 0.3) is 0 Å². The predicted molar refractivity (Wildman–Crippen MR) is 253 cm³/mol. The number of para-hydroxylation sites is 4. The van der Waals surface area contributed by atoms with Crippen LogP contribution in [0.3, 0.4) is 0 Å². The van der Waals surface area contributed by atoms with Crippen molar-refractivity contribution >= 4 is 43.6 Å². The molecule has 0 saturated carbocycles. The summed E-state index contributed by atoms with van der Waals surface area (Å²) in [6.07, 6.45) is 1.91. The first-order valence-corrected chi connectivity index (χ1v) is 20.8. The van der Waals surface area contributed by atoms with Gasteiger partial charge in [0.05, 0.1) is 33.4 Å². The molecule has 0 unspecified atom stereocenters. The molecule has 0 atom stereocenters. The van der Waals surface area contributed by atoms with Crippen LogP contribution in [-0.2, 0) is 0 Å². The summed E-state index contributed by atoms with van der Waals surface area (Å²) in [6.45, 7) is 0. The fourth-order valence-corrected chi connectivity index (χ4v) is 9.01. The number of benzene rings is 8. The summed E-state index contributed by atoms with van der Waals surface area (Å²) in [7, 11) is 0. The van der Waals surface area contributed by atoms with Crippen LogP contribution in [-0.4, -0.2) is 29.1 Å². The van der Waals surface area contributed by atoms with E-state index in [0.717, 1.165) is 83.2 Å². The van der Waals surface area contributed by atoms with Gasteiger partial charge in [-0.05, 0) is 47.0 Å². The van der Waals surface area contributed by atoms with E-state index in [1.165, 1.54) is 10.8 Å². The number of hydrogen-bond donors (Lipinski definition) is 0. The Balaban J connectivity index is 1.16. The van der Waals surface area contributed by atoms with Gasteiger partial charge in [0, 0.05) is 50.0 Å². The molecule has 4 heterocycles. The topological polar surface area (TPSA) is 61.4 Å². The highest BCUT2D eigenvalue weighted by Crippen LogP contribution is 2.40. The van der Waals surface area contributed by atoms with Gasteiger partial charge in [-0.2, -0.15) is 9.97 Å². The van der Waals surface area contributed by atoms with Gasteiger partial charge in [0.1, 0.15) is 0 Å². The van der Waals surface area contributed by atoms with Gasteiger partial charge in [0.2, 0.25) is 5.95 Å². The summed E-state index contributed by atoms with van der Waals surface area (Å²) < 4.78 is 4.54. The number of rotatable bonds is 7. The number of pyridine rings is 1. The van der Waals surface area contributed by atoms with Crippen molar-refractivity contribution in [3.05, 3.63) is 219 Å². The number of nitrogens with zero attached hydrogens (tertiary/aromatic N) is 6. The highest BCUT2D eigenvalue weighted by molar-refractivity contribution is 6.14. The standard InChI is InChI=1S/C56H36N6/c1-4-18-37(19-5-1)40-24-16-25-41(34-40)54-58-55(60-56(59-54)62-50-33-15-12-28-46(50)47-30-17-29-43(53(47)62)38-20-6-2-7-21-38)42-35-51(52(57-36-42)39-22-8-3-9-23-39)61-48-31-13-10-26-44(48)45-27-11-14-32-49(45)61/h1-36H. The zero-order valence-electron chi connectivity index (χ0n) is 33.5. The molecule has 6 nitrogen and oxygen atoms in total. The quantitative estimate of drug-likeness (QED) is 0.161. The molecule has 0 fully saturated rings. The van der Waals surface area contributed by atoms with E-state index in [4.69, 9.17) is 19.9 Å². The molecule has 0 aliphatic rings. The first kappa shape index (κ1) is 35.5. The molecule has 8 aromatic carbocycles. The molecule has 0 N–H and O–H groups in total. The number of fused-ring (bicyclic) bond motifs is 6. The summed E-state index contributed by atoms with van der Waals surface area (Å²) in [5.41, 5.74) is 13.1. The highest BCUT2D eigenvalue weighted by Gasteiger charge is 2.23. The predicted octanol–water partition coefficient (Wildman–Crippen LogP) is 13.8. The van der Waals surface area contributed by atoms with Crippen molar-refractivity contribution in [1.29, 1.82) is 0 Å². The van der Waals surface area contributed by atoms with Gasteiger partial charge in [-0.15, -0.1) is 0 Å². The first-order chi connectivity index (χ1) is 30.8. The SMILES string of the molecule is c1ccc(-c2cccc(-c3nc(-c4cnc(-c5ccccc5)c(-n5c6ccccc6c6ccccc65)c4)nc(-n4c5ccccc5c5cccc(-c6ccccc6)c54)n3)c2)cc1. The molecule has 6 heteroatoms. The molecule has 0 aliphatic heterocycles. The Bertz CT molecular complexity index is 3570. The molecule has 62 heavy (non-hydrogen) atoms. The van der Waals surface area contributed by atoms with Gasteiger partial charge in [-0.3, -0.25) is 9.55 Å². The maximum Gasteiger partial charge on any atom is 0.238 e. The van der Waals surface area contributed by atoms with Crippen LogP contribution >= 0.6 is 0 Å². The molecule has 4 aromatic heterocycles. The lowest BCUT2D eigenvalue weighted by molar-refractivity contribution is 0.952. The Morgan fingerprint density at radius 3 is 1.47 bits per heavy atom. The van der Waals surface area contributed by atoms with Crippen LogP contribution in [0.25, 0.3) is 112 Å². The van der Waals surface area contributed by atoms with Crippen LogP contribution in [0.5, 0.6) is 0 Å². The van der Waals surface area contributed by atoms with Crippen molar-refractivity contribution in [2.45, 2.75) is 0 Å². The van der Waals surface area contributed by atoms with Gasteiger partial charge in [-0.1, -0.05) is 182 Å². The van der Waals surface area contributed by atoms with E-state index in [1.807, 2.05) is 18.3 Å². The van der Waals surface area contributed by atoms with Crippen LogP contribution in [0.15, 0.2) is 219 Å². The normalized spacial score (nSPS) is 11.5. The van der Waals surface area contributed by atoms with E-state index in [-0.39, 0.29) is 0 Å². The molecule has 12 rings (SSSR count). The molecule has 0 saturated heterocycles. The third kappa shape index (κ3) is 5.88. The van der Waals surface area contributed by atoms with Gasteiger partial charge in [-0.25, -0.2) is 4.98 Å².